The number of fused-ring (bicyclic) bond motifs is 2. The number of hydrogen-bond acceptors (Lipinski definition) is 3. The number of likely N-dealkylation sites (tertiary alicyclic amines) is 1. The average molecular weight is 233 g/mol. The van der Waals surface area contributed by atoms with Gasteiger partial charge in [-0.3, -0.25) is 9.59 Å². The number of carbonyl (C=O) groups is 2. The zero-order valence-corrected chi connectivity index (χ0v) is 9.76. The van der Waals surface area contributed by atoms with Crippen molar-refractivity contribution in [1.29, 1.82) is 0 Å². The van der Waals surface area contributed by atoms with Crippen LogP contribution in [0.1, 0.15) is 6.42 Å². The summed E-state index contributed by atoms with van der Waals surface area (Å²) in [7, 11) is 1.81. The average Bonchev–Trinajstić information content (AvgIpc) is 2.66. The first-order valence-electron chi connectivity index (χ1n) is 6.19. The quantitative estimate of drug-likeness (QED) is 0.609. The number of rotatable bonds is 1. The van der Waals surface area contributed by atoms with E-state index in [1.165, 1.54) is 0 Å². The summed E-state index contributed by atoms with van der Waals surface area (Å²) >= 11 is 0. The molecular formula is C13H15NO3. The third kappa shape index (κ3) is 0.757. The predicted octanol–water partition coefficient (Wildman–Crippen LogP) is 0.233. The first-order valence-corrected chi connectivity index (χ1v) is 6.19. The van der Waals surface area contributed by atoms with Gasteiger partial charge >= 0.3 is 0 Å². The number of nitrogens with zero attached hydrogens (tertiary/aromatic N) is 1. The molecule has 2 aliphatic heterocycles. The van der Waals surface area contributed by atoms with Crippen LogP contribution in [0, 0.1) is 23.2 Å². The summed E-state index contributed by atoms with van der Waals surface area (Å²) in [6.07, 6.45) is 2.20. The Hall–Kier alpha value is -1.16. The minimum absolute atomic E-state index is 0.0468. The van der Waals surface area contributed by atoms with Crippen LogP contribution in [0.3, 0.4) is 0 Å². The molecule has 5 bridgehead atoms. The molecule has 1 amide bonds. The molecule has 0 aromatic rings. The van der Waals surface area contributed by atoms with Gasteiger partial charge in [-0.2, -0.15) is 0 Å². The van der Waals surface area contributed by atoms with E-state index in [1.807, 2.05) is 7.05 Å². The van der Waals surface area contributed by atoms with Crippen molar-refractivity contribution in [3.63, 3.8) is 0 Å². The Balaban J connectivity index is 1.98. The zero-order valence-electron chi connectivity index (χ0n) is 9.76. The van der Waals surface area contributed by atoms with Crippen molar-refractivity contribution >= 4 is 11.7 Å². The fourth-order valence-corrected chi connectivity index (χ4v) is 4.87. The highest BCUT2D eigenvalue weighted by Crippen LogP contribution is 2.65. The number of hydrogen-bond donors (Lipinski definition) is 0. The molecule has 0 aromatic carbocycles. The highest BCUT2D eigenvalue weighted by Gasteiger charge is 2.76. The molecule has 4 rings (SSSR count). The summed E-state index contributed by atoms with van der Waals surface area (Å²) in [5.41, 5.74) is -0.610. The zero-order chi connectivity index (χ0) is 11.9. The second kappa shape index (κ2) is 2.64. The molecule has 4 heteroatoms. The molecule has 4 nitrogen and oxygen atoms in total. The minimum atomic E-state index is -0.610. The van der Waals surface area contributed by atoms with Crippen LogP contribution in [0.25, 0.3) is 0 Å². The lowest BCUT2D eigenvalue weighted by atomic mass is 9.62. The largest absolute Gasteiger partial charge is 0.370 e. The molecule has 2 saturated heterocycles. The highest BCUT2D eigenvalue weighted by molar-refractivity contribution is 6.02. The Morgan fingerprint density at radius 1 is 1.53 bits per heavy atom. The molecule has 4 aliphatic rings. The van der Waals surface area contributed by atoms with Crippen molar-refractivity contribution in [2.75, 3.05) is 13.7 Å². The standard InChI is InChI=1S/C13H15NO3/c1-3-13-7-4-8-11(15)9(13)10(6(7)5-17-8)14(2)12(13)16/h3,6-10H,1,4-5H2,2H3. The second-order valence-corrected chi connectivity index (χ2v) is 5.75. The van der Waals surface area contributed by atoms with Crippen molar-refractivity contribution in [2.24, 2.45) is 23.2 Å². The van der Waals surface area contributed by atoms with Crippen LogP contribution in [0.2, 0.25) is 0 Å². The van der Waals surface area contributed by atoms with Crippen molar-refractivity contribution in [3.05, 3.63) is 12.7 Å². The van der Waals surface area contributed by atoms with Gasteiger partial charge in [0.25, 0.3) is 0 Å². The molecule has 0 N–H and O–H groups in total. The summed E-state index contributed by atoms with van der Waals surface area (Å²) in [5.74, 6) is 0.619. The van der Waals surface area contributed by atoms with Crippen molar-refractivity contribution < 1.29 is 14.3 Å². The summed E-state index contributed by atoms with van der Waals surface area (Å²) in [6.45, 7) is 4.48. The minimum Gasteiger partial charge on any atom is -0.370 e. The Morgan fingerprint density at radius 2 is 2.29 bits per heavy atom. The molecule has 0 radical (unpaired) electrons. The Kier molecular flexibility index (Phi) is 1.52. The molecule has 2 heterocycles. The third-order valence-electron chi connectivity index (χ3n) is 5.48. The molecular weight excluding hydrogens is 218 g/mol. The Labute approximate surface area is 99.6 Å². The topological polar surface area (TPSA) is 46.6 Å². The van der Waals surface area contributed by atoms with Crippen LogP contribution >= 0.6 is 0 Å². The van der Waals surface area contributed by atoms with Crippen molar-refractivity contribution in [1.82, 2.24) is 4.90 Å². The van der Waals surface area contributed by atoms with Gasteiger partial charge in [-0.25, -0.2) is 0 Å². The van der Waals surface area contributed by atoms with Gasteiger partial charge in [-0.15, -0.1) is 6.58 Å². The Bertz CT molecular complexity index is 460. The van der Waals surface area contributed by atoms with Crippen LogP contribution in [0.5, 0.6) is 0 Å². The fraction of sp³-hybridized carbons (Fsp3) is 0.692. The highest BCUT2D eigenvalue weighted by atomic mass is 16.5. The number of Topliss-reactive ketones (excluding diaryl/α,β-unsaturated/α-hetero) is 1. The molecule has 17 heavy (non-hydrogen) atoms. The van der Waals surface area contributed by atoms with E-state index in [0.29, 0.717) is 18.9 Å². The maximum atomic E-state index is 12.4. The number of amides is 1. The van der Waals surface area contributed by atoms with Gasteiger partial charge in [-0.05, 0) is 12.3 Å². The number of piperidine rings is 1. The fourth-order valence-electron chi connectivity index (χ4n) is 4.87. The van der Waals surface area contributed by atoms with Gasteiger partial charge in [0.1, 0.15) is 6.10 Å². The van der Waals surface area contributed by atoms with Gasteiger partial charge < -0.3 is 9.64 Å². The third-order valence-corrected chi connectivity index (χ3v) is 5.48. The molecule has 2 aliphatic carbocycles. The number of ether oxygens (including phenoxy) is 1. The van der Waals surface area contributed by atoms with Crippen LogP contribution in [-0.4, -0.2) is 42.4 Å². The summed E-state index contributed by atoms with van der Waals surface area (Å²) in [6, 6.07) is 0.0468. The van der Waals surface area contributed by atoms with E-state index < -0.39 is 5.41 Å². The Morgan fingerprint density at radius 3 is 3.00 bits per heavy atom. The molecule has 0 spiro atoms. The molecule has 4 fully saturated rings. The maximum absolute atomic E-state index is 12.4. The van der Waals surface area contributed by atoms with Crippen LogP contribution in [0.4, 0.5) is 0 Å². The molecule has 6 unspecified atom stereocenters. The summed E-state index contributed by atoms with van der Waals surface area (Å²) in [5, 5.41) is 0. The van der Waals surface area contributed by atoms with E-state index in [2.05, 4.69) is 6.58 Å². The lowest BCUT2D eigenvalue weighted by Gasteiger charge is -2.46. The lowest BCUT2D eigenvalue weighted by Crippen LogP contribution is -2.55. The smallest absolute Gasteiger partial charge is 0.233 e. The maximum Gasteiger partial charge on any atom is 0.233 e. The van der Waals surface area contributed by atoms with Gasteiger partial charge in [0.15, 0.2) is 5.78 Å². The molecule has 90 valence electrons. The van der Waals surface area contributed by atoms with E-state index >= 15 is 0 Å². The summed E-state index contributed by atoms with van der Waals surface area (Å²) in [4.78, 5) is 26.6. The van der Waals surface area contributed by atoms with Crippen molar-refractivity contribution in [2.45, 2.75) is 18.6 Å². The SMILES string of the molecule is C=CC12C(=O)N(C)C3C4COC(CC41)C(=O)C32. The van der Waals surface area contributed by atoms with Gasteiger partial charge in [0.05, 0.1) is 17.9 Å². The molecule has 2 saturated carbocycles. The second-order valence-electron chi connectivity index (χ2n) is 5.75. The van der Waals surface area contributed by atoms with Gasteiger partial charge in [0.2, 0.25) is 5.91 Å². The first kappa shape index (κ1) is 9.83. The molecule has 0 aromatic heterocycles. The van der Waals surface area contributed by atoms with Gasteiger partial charge in [0, 0.05) is 19.0 Å². The molecule has 6 atom stereocenters. The van der Waals surface area contributed by atoms with Crippen LogP contribution in [0.15, 0.2) is 12.7 Å². The number of ketones is 1. The van der Waals surface area contributed by atoms with E-state index in [9.17, 15) is 9.59 Å². The first-order chi connectivity index (χ1) is 8.13. The van der Waals surface area contributed by atoms with Crippen molar-refractivity contribution in [3.8, 4) is 0 Å². The normalized spacial score (nSPS) is 54.6. The predicted molar refractivity (Wildman–Crippen MR) is 59.0 cm³/mol. The monoisotopic (exact) mass is 233 g/mol. The van der Waals surface area contributed by atoms with E-state index in [0.717, 1.165) is 0 Å². The van der Waals surface area contributed by atoms with E-state index in [1.54, 1.807) is 11.0 Å². The van der Waals surface area contributed by atoms with Gasteiger partial charge in [-0.1, -0.05) is 6.08 Å². The summed E-state index contributed by atoms with van der Waals surface area (Å²) < 4.78 is 5.62. The number of carbonyl (C=O) groups excluding carboxylic acids is 2. The van der Waals surface area contributed by atoms with Crippen LogP contribution in [-0.2, 0) is 14.3 Å². The van der Waals surface area contributed by atoms with E-state index in [-0.39, 0.29) is 35.7 Å². The van der Waals surface area contributed by atoms with Crippen LogP contribution < -0.4 is 0 Å². The van der Waals surface area contributed by atoms with E-state index in [4.69, 9.17) is 4.74 Å². The lowest BCUT2D eigenvalue weighted by molar-refractivity contribution is -0.162.